The van der Waals surface area contributed by atoms with Crippen molar-refractivity contribution in [3.8, 4) is 11.4 Å². The average Bonchev–Trinajstić information content (AvgIpc) is 2.51. The minimum absolute atomic E-state index is 0.482. The number of nitrogens with zero attached hydrogens (tertiary/aromatic N) is 3. The molecule has 1 fully saturated rings. The van der Waals surface area contributed by atoms with Gasteiger partial charge in [-0.15, -0.1) is 0 Å². The highest BCUT2D eigenvalue weighted by Gasteiger charge is 2.29. The van der Waals surface area contributed by atoms with Gasteiger partial charge in [-0.05, 0) is 44.0 Å². The molecule has 0 unspecified atom stereocenters. The van der Waals surface area contributed by atoms with Gasteiger partial charge in [0.05, 0.1) is 5.69 Å². The smallest absolute Gasteiger partial charge is 0.161 e. The number of halogens is 1. The van der Waals surface area contributed by atoms with Crippen LogP contribution < -0.4 is 0 Å². The Morgan fingerprint density at radius 2 is 1.75 bits per heavy atom. The molecule has 0 atom stereocenters. The zero-order chi connectivity index (χ0) is 17.7. The van der Waals surface area contributed by atoms with Crippen molar-refractivity contribution in [3.05, 3.63) is 46.2 Å². The predicted octanol–water partition coefficient (Wildman–Crippen LogP) is 5.25. The van der Waals surface area contributed by atoms with Crippen molar-refractivity contribution < 1.29 is 0 Å². The summed E-state index contributed by atoms with van der Waals surface area (Å²) in [6.45, 7) is 13.7. The van der Waals surface area contributed by atoms with Crippen molar-refractivity contribution in [1.82, 2.24) is 14.9 Å². The SMILES string of the molecule is CC.CCCN1CC(c2cc(Cl)nc(-c3c(C)cccc3C)n2)C1. The Kier molecular flexibility index (Phi) is 6.76. The van der Waals surface area contributed by atoms with E-state index in [0.717, 1.165) is 30.2 Å². The highest BCUT2D eigenvalue weighted by Crippen LogP contribution is 2.30. The Hall–Kier alpha value is -1.45. The minimum Gasteiger partial charge on any atom is -0.302 e. The Bertz CT molecular complexity index is 658. The van der Waals surface area contributed by atoms with Crippen LogP contribution in [0.15, 0.2) is 24.3 Å². The van der Waals surface area contributed by atoms with E-state index in [0.29, 0.717) is 11.1 Å². The summed E-state index contributed by atoms with van der Waals surface area (Å²) >= 11 is 6.26. The van der Waals surface area contributed by atoms with E-state index in [1.54, 1.807) is 0 Å². The summed E-state index contributed by atoms with van der Waals surface area (Å²) in [5.74, 6) is 1.24. The fourth-order valence-electron chi connectivity index (χ4n) is 3.18. The van der Waals surface area contributed by atoms with Crippen LogP contribution in [0.2, 0.25) is 5.15 Å². The largest absolute Gasteiger partial charge is 0.302 e. The summed E-state index contributed by atoms with van der Waals surface area (Å²) in [6.07, 6.45) is 1.20. The standard InChI is InChI=1S/C18H22ClN3.C2H6/c1-4-8-22-10-14(11-22)15-9-16(19)21-18(20-15)17-12(2)6-5-7-13(17)3;1-2/h5-7,9,14H,4,8,10-11H2,1-3H3;1-2H3. The molecule has 1 aliphatic rings. The molecule has 1 saturated heterocycles. The molecule has 1 aromatic carbocycles. The number of aryl methyl sites for hydroxylation is 2. The van der Waals surface area contributed by atoms with Gasteiger partial charge in [0.2, 0.25) is 0 Å². The molecule has 2 heterocycles. The highest BCUT2D eigenvalue weighted by atomic mass is 35.5. The topological polar surface area (TPSA) is 29.0 Å². The third kappa shape index (κ3) is 4.14. The molecule has 0 amide bonds. The normalized spacial score (nSPS) is 14.8. The van der Waals surface area contributed by atoms with Gasteiger partial charge < -0.3 is 4.90 Å². The van der Waals surface area contributed by atoms with Gasteiger partial charge >= 0.3 is 0 Å². The molecule has 4 heteroatoms. The number of likely N-dealkylation sites (tertiary alicyclic amines) is 1. The molecule has 0 radical (unpaired) electrons. The Labute approximate surface area is 151 Å². The summed E-state index contributed by atoms with van der Waals surface area (Å²) in [7, 11) is 0. The first-order valence-electron chi connectivity index (χ1n) is 8.92. The van der Waals surface area contributed by atoms with Crippen LogP contribution in [0, 0.1) is 13.8 Å². The van der Waals surface area contributed by atoms with Crippen molar-refractivity contribution in [2.75, 3.05) is 19.6 Å². The van der Waals surface area contributed by atoms with Crippen molar-refractivity contribution in [1.29, 1.82) is 0 Å². The number of benzene rings is 1. The van der Waals surface area contributed by atoms with Crippen molar-refractivity contribution in [2.45, 2.75) is 47.0 Å². The summed E-state index contributed by atoms with van der Waals surface area (Å²) in [4.78, 5) is 11.7. The van der Waals surface area contributed by atoms with Crippen LogP contribution in [0.5, 0.6) is 0 Å². The molecule has 130 valence electrons. The summed E-state index contributed by atoms with van der Waals surface area (Å²) in [5, 5.41) is 0.539. The molecule has 24 heavy (non-hydrogen) atoms. The van der Waals surface area contributed by atoms with E-state index in [1.165, 1.54) is 24.1 Å². The van der Waals surface area contributed by atoms with Crippen LogP contribution in [0.1, 0.15) is 49.9 Å². The van der Waals surface area contributed by atoms with E-state index in [4.69, 9.17) is 16.6 Å². The van der Waals surface area contributed by atoms with E-state index >= 15 is 0 Å². The zero-order valence-electron chi connectivity index (χ0n) is 15.4. The third-order valence-electron chi connectivity index (χ3n) is 4.33. The predicted molar refractivity (Wildman–Crippen MR) is 103 cm³/mol. The Morgan fingerprint density at radius 1 is 1.12 bits per heavy atom. The van der Waals surface area contributed by atoms with Gasteiger partial charge in [-0.25, -0.2) is 9.97 Å². The number of hydrogen-bond acceptors (Lipinski definition) is 3. The van der Waals surface area contributed by atoms with Crippen molar-refractivity contribution in [2.24, 2.45) is 0 Å². The van der Waals surface area contributed by atoms with Crippen LogP contribution >= 0.6 is 11.6 Å². The second-order valence-corrected chi connectivity index (χ2v) is 6.55. The summed E-state index contributed by atoms with van der Waals surface area (Å²) in [5.41, 5.74) is 4.56. The fourth-order valence-corrected chi connectivity index (χ4v) is 3.37. The maximum absolute atomic E-state index is 6.26. The lowest BCUT2D eigenvalue weighted by atomic mass is 9.95. The molecule has 0 saturated carbocycles. The van der Waals surface area contributed by atoms with Gasteiger partial charge in [-0.3, -0.25) is 0 Å². The van der Waals surface area contributed by atoms with E-state index in [1.807, 2.05) is 19.9 Å². The second-order valence-electron chi connectivity index (χ2n) is 6.16. The monoisotopic (exact) mass is 345 g/mol. The summed E-state index contributed by atoms with van der Waals surface area (Å²) < 4.78 is 0. The maximum atomic E-state index is 6.26. The third-order valence-corrected chi connectivity index (χ3v) is 4.53. The van der Waals surface area contributed by atoms with Gasteiger partial charge in [0, 0.05) is 24.6 Å². The lowest BCUT2D eigenvalue weighted by Gasteiger charge is -2.38. The minimum atomic E-state index is 0.482. The lowest BCUT2D eigenvalue weighted by Crippen LogP contribution is -2.45. The number of aromatic nitrogens is 2. The average molecular weight is 346 g/mol. The molecule has 3 rings (SSSR count). The van der Waals surface area contributed by atoms with Crippen LogP contribution in [0.3, 0.4) is 0 Å². The first kappa shape index (κ1) is 18.9. The Morgan fingerprint density at radius 3 is 2.33 bits per heavy atom. The van der Waals surface area contributed by atoms with Crippen molar-refractivity contribution in [3.63, 3.8) is 0 Å². The maximum Gasteiger partial charge on any atom is 0.161 e. The molecule has 0 aliphatic carbocycles. The van der Waals surface area contributed by atoms with Gasteiger partial charge in [0.1, 0.15) is 5.15 Å². The molecule has 0 N–H and O–H groups in total. The lowest BCUT2D eigenvalue weighted by molar-refractivity contribution is 0.146. The molecule has 0 spiro atoms. The van der Waals surface area contributed by atoms with Gasteiger partial charge in [-0.1, -0.05) is 50.6 Å². The zero-order valence-corrected chi connectivity index (χ0v) is 16.2. The molecule has 2 aromatic rings. The van der Waals surface area contributed by atoms with Crippen LogP contribution in [-0.4, -0.2) is 34.5 Å². The first-order chi connectivity index (χ1) is 11.6. The van der Waals surface area contributed by atoms with Crippen LogP contribution in [0.4, 0.5) is 0 Å². The van der Waals surface area contributed by atoms with E-state index in [-0.39, 0.29) is 0 Å². The second kappa shape index (κ2) is 8.59. The fraction of sp³-hybridized carbons (Fsp3) is 0.500. The van der Waals surface area contributed by atoms with Crippen LogP contribution in [-0.2, 0) is 0 Å². The molecule has 1 aromatic heterocycles. The van der Waals surface area contributed by atoms with Crippen molar-refractivity contribution >= 4 is 11.6 Å². The van der Waals surface area contributed by atoms with Gasteiger partial charge in [0.15, 0.2) is 5.82 Å². The van der Waals surface area contributed by atoms with Gasteiger partial charge in [0.25, 0.3) is 0 Å². The Balaban J connectivity index is 0.00000100. The molecule has 3 nitrogen and oxygen atoms in total. The van der Waals surface area contributed by atoms with Crippen LogP contribution in [0.25, 0.3) is 11.4 Å². The number of hydrogen-bond donors (Lipinski definition) is 0. The van der Waals surface area contributed by atoms with Gasteiger partial charge in [-0.2, -0.15) is 0 Å². The highest BCUT2D eigenvalue weighted by molar-refractivity contribution is 6.29. The van der Waals surface area contributed by atoms with E-state index in [2.05, 4.69) is 48.9 Å². The van der Waals surface area contributed by atoms with E-state index in [9.17, 15) is 0 Å². The number of rotatable bonds is 4. The molecule has 1 aliphatic heterocycles. The molecular formula is C20H28ClN3. The quantitative estimate of drug-likeness (QED) is 0.709. The van der Waals surface area contributed by atoms with E-state index < -0.39 is 0 Å². The summed E-state index contributed by atoms with van der Waals surface area (Å²) in [6, 6.07) is 8.18. The molecular weight excluding hydrogens is 318 g/mol. The molecule has 0 bridgehead atoms. The first-order valence-corrected chi connectivity index (χ1v) is 9.29.